The largest absolute Gasteiger partial charge is 0.497 e. The molecular formula is C16H19N3O4. The van der Waals surface area contributed by atoms with Gasteiger partial charge in [0, 0.05) is 18.0 Å². The Morgan fingerprint density at radius 3 is 2.65 bits per heavy atom. The van der Waals surface area contributed by atoms with Crippen molar-refractivity contribution in [3.05, 3.63) is 36.0 Å². The number of hydrogen-bond donors (Lipinski definition) is 3. The number of methoxy groups -OCH3 is 1. The van der Waals surface area contributed by atoms with Gasteiger partial charge in [0.05, 0.1) is 12.8 Å². The van der Waals surface area contributed by atoms with Crippen LogP contribution in [0.15, 0.2) is 30.3 Å². The topological polar surface area (TPSA) is 104 Å². The molecule has 2 rings (SSSR count). The maximum atomic E-state index is 12.1. The zero-order valence-electron chi connectivity index (χ0n) is 13.0. The summed E-state index contributed by atoms with van der Waals surface area (Å²) in [6.07, 6.45) is 0.391. The zero-order valence-corrected chi connectivity index (χ0v) is 13.0. The molecule has 2 aromatic rings. The van der Waals surface area contributed by atoms with Crippen molar-refractivity contribution >= 4 is 11.9 Å². The molecule has 1 aromatic carbocycles. The first-order valence-corrected chi connectivity index (χ1v) is 7.22. The zero-order chi connectivity index (χ0) is 16.8. The van der Waals surface area contributed by atoms with E-state index in [9.17, 15) is 9.59 Å². The summed E-state index contributed by atoms with van der Waals surface area (Å²) >= 11 is 0. The number of aromatic nitrogens is 2. The van der Waals surface area contributed by atoms with E-state index < -0.39 is 5.97 Å². The fraction of sp³-hybridized carbons (Fsp3) is 0.312. The minimum absolute atomic E-state index is 0.0154. The van der Waals surface area contributed by atoms with Crippen LogP contribution in [0.25, 0.3) is 11.3 Å². The quantitative estimate of drug-likeness (QED) is 0.725. The summed E-state index contributed by atoms with van der Waals surface area (Å²) in [5.41, 5.74) is 1.84. The number of ether oxygens (including phenoxy) is 1. The van der Waals surface area contributed by atoms with Crippen LogP contribution in [-0.4, -0.2) is 40.3 Å². The van der Waals surface area contributed by atoms with E-state index in [1.54, 1.807) is 20.1 Å². The molecule has 0 spiro atoms. The van der Waals surface area contributed by atoms with E-state index >= 15 is 0 Å². The van der Waals surface area contributed by atoms with E-state index in [0.29, 0.717) is 17.8 Å². The molecule has 3 N–H and O–H groups in total. The average Bonchev–Trinajstić information content (AvgIpc) is 3.03. The highest BCUT2D eigenvalue weighted by Gasteiger charge is 2.14. The molecule has 1 unspecified atom stereocenters. The monoisotopic (exact) mass is 317 g/mol. The summed E-state index contributed by atoms with van der Waals surface area (Å²) < 4.78 is 5.10. The van der Waals surface area contributed by atoms with Crippen LogP contribution in [0, 0.1) is 0 Å². The maximum Gasteiger partial charge on any atom is 0.303 e. The molecule has 1 aromatic heterocycles. The van der Waals surface area contributed by atoms with E-state index in [2.05, 4.69) is 15.5 Å². The summed E-state index contributed by atoms with van der Waals surface area (Å²) in [4.78, 5) is 22.6. The second-order valence-corrected chi connectivity index (χ2v) is 5.20. The predicted octanol–water partition coefficient (Wildman–Crippen LogP) is 2.07. The lowest BCUT2D eigenvalue weighted by Gasteiger charge is -2.11. The Morgan fingerprint density at radius 1 is 1.35 bits per heavy atom. The molecule has 7 heteroatoms. The number of hydrogen-bond acceptors (Lipinski definition) is 4. The van der Waals surface area contributed by atoms with E-state index in [-0.39, 0.29) is 18.4 Å². The molecule has 1 amide bonds. The van der Waals surface area contributed by atoms with Crippen LogP contribution in [0.2, 0.25) is 0 Å². The van der Waals surface area contributed by atoms with E-state index in [1.807, 2.05) is 24.3 Å². The van der Waals surface area contributed by atoms with Gasteiger partial charge in [0.1, 0.15) is 11.4 Å². The molecule has 0 bridgehead atoms. The Kier molecular flexibility index (Phi) is 5.35. The molecule has 0 aliphatic heterocycles. The summed E-state index contributed by atoms with van der Waals surface area (Å²) in [6.45, 7) is 1.77. The first kappa shape index (κ1) is 16.5. The fourth-order valence-corrected chi connectivity index (χ4v) is 2.06. The van der Waals surface area contributed by atoms with Gasteiger partial charge in [-0.15, -0.1) is 0 Å². The Labute approximate surface area is 133 Å². The number of H-pyrrole nitrogens is 1. The first-order chi connectivity index (χ1) is 11.0. The van der Waals surface area contributed by atoms with E-state index in [1.165, 1.54) is 0 Å². The number of rotatable bonds is 7. The van der Waals surface area contributed by atoms with Crippen molar-refractivity contribution in [3.8, 4) is 17.0 Å². The van der Waals surface area contributed by atoms with Crippen molar-refractivity contribution in [1.82, 2.24) is 15.5 Å². The number of nitrogens with zero attached hydrogens (tertiary/aromatic N) is 1. The highest BCUT2D eigenvalue weighted by molar-refractivity contribution is 5.93. The average molecular weight is 317 g/mol. The molecule has 122 valence electrons. The highest BCUT2D eigenvalue weighted by Crippen LogP contribution is 2.21. The van der Waals surface area contributed by atoms with Crippen molar-refractivity contribution in [2.24, 2.45) is 0 Å². The van der Waals surface area contributed by atoms with Crippen LogP contribution >= 0.6 is 0 Å². The molecule has 0 aliphatic rings. The number of carbonyl (C=O) groups excluding carboxylic acids is 1. The number of carboxylic acid groups (broad SMARTS) is 1. The highest BCUT2D eigenvalue weighted by atomic mass is 16.5. The van der Waals surface area contributed by atoms with Crippen LogP contribution in [0.5, 0.6) is 5.75 Å². The summed E-state index contributed by atoms with van der Waals surface area (Å²) in [7, 11) is 1.59. The normalized spacial score (nSPS) is 11.7. The second-order valence-electron chi connectivity index (χ2n) is 5.20. The fourth-order valence-electron chi connectivity index (χ4n) is 2.06. The Bertz CT molecular complexity index is 679. The predicted molar refractivity (Wildman–Crippen MR) is 84.4 cm³/mol. The van der Waals surface area contributed by atoms with Gasteiger partial charge in [-0.2, -0.15) is 5.10 Å². The SMILES string of the molecule is COc1ccc(-c2cc(C(=O)NC(C)CCC(=O)O)[nH]n2)cc1. The lowest BCUT2D eigenvalue weighted by atomic mass is 10.1. The molecule has 23 heavy (non-hydrogen) atoms. The number of carboxylic acids is 1. The molecular weight excluding hydrogens is 298 g/mol. The van der Waals surface area contributed by atoms with Crippen LogP contribution in [0.4, 0.5) is 0 Å². The smallest absolute Gasteiger partial charge is 0.303 e. The molecule has 0 radical (unpaired) electrons. The third-order valence-corrected chi connectivity index (χ3v) is 3.38. The van der Waals surface area contributed by atoms with Crippen molar-refractivity contribution in [1.29, 1.82) is 0 Å². The molecule has 0 saturated heterocycles. The van der Waals surface area contributed by atoms with Crippen molar-refractivity contribution < 1.29 is 19.4 Å². The van der Waals surface area contributed by atoms with Gasteiger partial charge in [-0.25, -0.2) is 0 Å². The molecule has 0 aliphatic carbocycles. The van der Waals surface area contributed by atoms with Crippen LogP contribution in [0.3, 0.4) is 0 Å². The van der Waals surface area contributed by atoms with Crippen molar-refractivity contribution in [3.63, 3.8) is 0 Å². The minimum Gasteiger partial charge on any atom is -0.497 e. The third kappa shape index (κ3) is 4.57. The van der Waals surface area contributed by atoms with Crippen LogP contribution in [0.1, 0.15) is 30.3 Å². The van der Waals surface area contributed by atoms with Crippen LogP contribution in [-0.2, 0) is 4.79 Å². The number of amides is 1. The van der Waals surface area contributed by atoms with E-state index in [4.69, 9.17) is 9.84 Å². The number of benzene rings is 1. The lowest BCUT2D eigenvalue weighted by molar-refractivity contribution is -0.137. The maximum absolute atomic E-state index is 12.1. The Hall–Kier alpha value is -2.83. The van der Waals surface area contributed by atoms with E-state index in [0.717, 1.165) is 11.3 Å². The van der Waals surface area contributed by atoms with Gasteiger partial charge in [-0.3, -0.25) is 14.7 Å². The number of aliphatic carboxylic acids is 1. The van der Waals surface area contributed by atoms with Crippen molar-refractivity contribution in [2.75, 3.05) is 7.11 Å². The summed E-state index contributed by atoms with van der Waals surface area (Å²) in [6, 6.07) is 8.76. The van der Waals surface area contributed by atoms with Gasteiger partial charge in [-0.1, -0.05) is 0 Å². The Balaban J connectivity index is 2.00. The molecule has 0 fully saturated rings. The minimum atomic E-state index is -0.880. The van der Waals surface area contributed by atoms with Gasteiger partial charge in [-0.05, 0) is 43.7 Å². The second kappa shape index (κ2) is 7.44. The summed E-state index contributed by atoms with van der Waals surface area (Å²) in [5, 5.41) is 18.2. The molecule has 1 heterocycles. The van der Waals surface area contributed by atoms with Gasteiger partial charge >= 0.3 is 5.97 Å². The van der Waals surface area contributed by atoms with Crippen molar-refractivity contribution in [2.45, 2.75) is 25.8 Å². The lowest BCUT2D eigenvalue weighted by Crippen LogP contribution is -2.33. The van der Waals surface area contributed by atoms with Crippen LogP contribution < -0.4 is 10.1 Å². The number of aromatic amines is 1. The van der Waals surface area contributed by atoms with Gasteiger partial charge < -0.3 is 15.2 Å². The standard InChI is InChI=1S/C16H19N3O4/c1-10(3-8-15(20)21)17-16(22)14-9-13(18-19-14)11-4-6-12(23-2)7-5-11/h4-7,9-10H,3,8H2,1-2H3,(H,17,22)(H,18,19)(H,20,21). The first-order valence-electron chi connectivity index (χ1n) is 7.22. The Morgan fingerprint density at radius 2 is 2.04 bits per heavy atom. The van der Waals surface area contributed by atoms with Gasteiger partial charge in [0.25, 0.3) is 5.91 Å². The molecule has 1 atom stereocenters. The third-order valence-electron chi connectivity index (χ3n) is 3.38. The molecule has 7 nitrogen and oxygen atoms in total. The summed E-state index contributed by atoms with van der Waals surface area (Å²) in [5.74, 6) is -0.445. The number of nitrogens with one attached hydrogen (secondary N) is 2. The molecule has 0 saturated carbocycles. The van der Waals surface area contributed by atoms with Gasteiger partial charge in [0.2, 0.25) is 0 Å². The van der Waals surface area contributed by atoms with Gasteiger partial charge in [0.15, 0.2) is 0 Å². The number of carbonyl (C=O) groups is 2.